The molecule has 1 saturated heterocycles. The van der Waals surface area contributed by atoms with Gasteiger partial charge in [-0.05, 0) is 24.3 Å². The van der Waals surface area contributed by atoms with E-state index in [1.807, 2.05) is 4.90 Å². The number of rotatable bonds is 4. The first-order valence-electron chi connectivity index (χ1n) is 8.36. The second-order valence-corrected chi connectivity index (χ2v) is 6.16. The number of nitrogens with zero attached hydrogens (tertiary/aromatic N) is 5. The molecule has 3 aromatic rings. The Morgan fingerprint density at radius 3 is 2.52 bits per heavy atom. The molecule has 0 atom stereocenters. The summed E-state index contributed by atoms with van der Waals surface area (Å²) in [5.41, 5.74) is -0.742. The molecule has 1 fully saturated rings. The predicted molar refractivity (Wildman–Crippen MR) is 88.7 cm³/mol. The van der Waals surface area contributed by atoms with Crippen molar-refractivity contribution in [2.24, 2.45) is 0 Å². The molecule has 0 amide bonds. The van der Waals surface area contributed by atoms with Gasteiger partial charge in [-0.3, -0.25) is 4.90 Å². The van der Waals surface area contributed by atoms with Gasteiger partial charge in [-0.15, -0.1) is 0 Å². The fraction of sp³-hybridized carbons (Fsp3) is 0.353. The quantitative estimate of drug-likeness (QED) is 0.690. The normalized spacial score (nSPS) is 16.0. The molecule has 0 saturated carbocycles. The number of piperazine rings is 1. The summed E-state index contributed by atoms with van der Waals surface area (Å²) in [5, 5.41) is 3.90. The van der Waals surface area contributed by atoms with Crippen LogP contribution in [0.4, 0.5) is 19.0 Å². The summed E-state index contributed by atoms with van der Waals surface area (Å²) in [4.78, 5) is 12.4. The van der Waals surface area contributed by atoms with Crippen LogP contribution < -0.4 is 4.90 Å². The van der Waals surface area contributed by atoms with E-state index in [0.717, 1.165) is 12.3 Å². The summed E-state index contributed by atoms with van der Waals surface area (Å²) in [6.07, 6.45) is -1.96. The van der Waals surface area contributed by atoms with Crippen LogP contribution in [-0.4, -0.2) is 46.2 Å². The zero-order valence-corrected chi connectivity index (χ0v) is 14.2. The lowest BCUT2D eigenvalue weighted by atomic mass is 10.2. The first-order valence-corrected chi connectivity index (χ1v) is 8.36. The average molecular weight is 379 g/mol. The average Bonchev–Trinajstić information content (AvgIpc) is 3.33. The van der Waals surface area contributed by atoms with Crippen molar-refractivity contribution >= 4 is 5.82 Å². The highest BCUT2D eigenvalue weighted by Gasteiger charge is 2.31. The third-order valence-corrected chi connectivity index (χ3v) is 4.34. The second kappa shape index (κ2) is 7.03. The van der Waals surface area contributed by atoms with Gasteiger partial charge in [0.15, 0.2) is 5.76 Å². The Morgan fingerprint density at radius 1 is 1.07 bits per heavy atom. The van der Waals surface area contributed by atoms with Crippen molar-refractivity contribution in [3.05, 3.63) is 48.2 Å². The first-order chi connectivity index (χ1) is 13.0. The van der Waals surface area contributed by atoms with Gasteiger partial charge in [-0.2, -0.15) is 18.2 Å². The van der Waals surface area contributed by atoms with E-state index < -0.39 is 11.7 Å². The molecular weight excluding hydrogens is 363 g/mol. The summed E-state index contributed by atoms with van der Waals surface area (Å²) < 4.78 is 48.4. The minimum absolute atomic E-state index is 0.405. The molecule has 0 radical (unpaired) electrons. The van der Waals surface area contributed by atoms with Crippen LogP contribution in [-0.2, 0) is 12.7 Å². The predicted octanol–water partition coefficient (Wildman–Crippen LogP) is 3.07. The van der Waals surface area contributed by atoms with Crippen LogP contribution in [0.2, 0.25) is 0 Å². The van der Waals surface area contributed by atoms with Crippen molar-refractivity contribution in [1.82, 2.24) is 20.0 Å². The smallest absolute Gasteiger partial charge is 0.417 e. The van der Waals surface area contributed by atoms with Crippen LogP contribution in [0.3, 0.4) is 0 Å². The Morgan fingerprint density at radius 2 is 1.89 bits per heavy atom. The van der Waals surface area contributed by atoms with Gasteiger partial charge < -0.3 is 13.8 Å². The van der Waals surface area contributed by atoms with Gasteiger partial charge in [0.1, 0.15) is 5.82 Å². The van der Waals surface area contributed by atoms with E-state index in [2.05, 4.69) is 20.0 Å². The molecule has 7 nitrogen and oxygen atoms in total. The maximum atomic E-state index is 12.6. The fourth-order valence-electron chi connectivity index (χ4n) is 2.89. The van der Waals surface area contributed by atoms with Gasteiger partial charge in [0, 0.05) is 32.4 Å². The number of aromatic nitrogens is 3. The molecule has 4 heterocycles. The zero-order valence-electron chi connectivity index (χ0n) is 14.2. The summed E-state index contributed by atoms with van der Waals surface area (Å²) >= 11 is 0. The number of hydrogen-bond donors (Lipinski definition) is 0. The van der Waals surface area contributed by atoms with Crippen molar-refractivity contribution in [3.8, 4) is 11.6 Å². The van der Waals surface area contributed by atoms with E-state index in [1.54, 1.807) is 18.4 Å². The van der Waals surface area contributed by atoms with Gasteiger partial charge in [-0.1, -0.05) is 5.16 Å². The Kier molecular flexibility index (Phi) is 4.56. The highest BCUT2D eigenvalue weighted by atomic mass is 19.4. The van der Waals surface area contributed by atoms with Gasteiger partial charge in [0.05, 0.1) is 18.4 Å². The van der Waals surface area contributed by atoms with Crippen molar-refractivity contribution in [2.45, 2.75) is 12.7 Å². The molecule has 0 spiro atoms. The van der Waals surface area contributed by atoms with Crippen molar-refractivity contribution in [1.29, 1.82) is 0 Å². The molecule has 0 aliphatic carbocycles. The highest BCUT2D eigenvalue weighted by molar-refractivity contribution is 5.44. The molecule has 0 N–H and O–H groups in total. The highest BCUT2D eigenvalue weighted by Crippen LogP contribution is 2.29. The Bertz CT molecular complexity index is 869. The number of furan rings is 1. The van der Waals surface area contributed by atoms with Gasteiger partial charge in [0.2, 0.25) is 11.7 Å². The molecule has 0 aromatic carbocycles. The summed E-state index contributed by atoms with van der Waals surface area (Å²) in [5.74, 6) is 1.98. The number of anilines is 1. The molecule has 0 bridgehead atoms. The lowest BCUT2D eigenvalue weighted by Gasteiger charge is -2.34. The van der Waals surface area contributed by atoms with Crippen LogP contribution >= 0.6 is 0 Å². The Hall–Kier alpha value is -2.88. The zero-order chi connectivity index (χ0) is 18.9. The fourth-order valence-corrected chi connectivity index (χ4v) is 2.89. The summed E-state index contributed by atoms with van der Waals surface area (Å²) in [6.45, 7) is 3.22. The first kappa shape index (κ1) is 17.5. The van der Waals surface area contributed by atoms with E-state index in [0.29, 0.717) is 56.0 Å². The molecular formula is C17H16F3N5O2. The number of alkyl halides is 3. The van der Waals surface area contributed by atoms with Crippen LogP contribution in [0.5, 0.6) is 0 Å². The standard InChI is InChI=1S/C17H16F3N5O2/c18-17(19,20)12-3-4-14(21-10-12)25-7-5-24(6-8-25)11-15-22-16(23-27-15)13-2-1-9-26-13/h1-4,9-10H,5-8,11H2. The number of halogens is 3. The molecule has 0 unspecified atom stereocenters. The van der Waals surface area contributed by atoms with E-state index in [4.69, 9.17) is 8.94 Å². The largest absolute Gasteiger partial charge is 0.461 e. The molecule has 142 valence electrons. The van der Waals surface area contributed by atoms with E-state index in [9.17, 15) is 13.2 Å². The maximum absolute atomic E-state index is 12.6. The van der Waals surface area contributed by atoms with E-state index in [-0.39, 0.29) is 0 Å². The SMILES string of the molecule is FC(F)(F)c1ccc(N2CCN(Cc3nc(-c4ccco4)no3)CC2)nc1. The number of hydrogen-bond acceptors (Lipinski definition) is 7. The minimum Gasteiger partial charge on any atom is -0.461 e. The minimum atomic E-state index is -4.37. The third-order valence-electron chi connectivity index (χ3n) is 4.34. The van der Waals surface area contributed by atoms with Gasteiger partial charge in [-0.25, -0.2) is 4.98 Å². The lowest BCUT2D eigenvalue weighted by molar-refractivity contribution is -0.137. The second-order valence-electron chi connectivity index (χ2n) is 6.16. The third kappa shape index (κ3) is 3.95. The summed E-state index contributed by atoms with van der Waals surface area (Å²) in [6, 6.07) is 5.97. The summed E-state index contributed by atoms with van der Waals surface area (Å²) in [7, 11) is 0. The van der Waals surface area contributed by atoms with Crippen molar-refractivity contribution in [3.63, 3.8) is 0 Å². The molecule has 4 rings (SSSR count). The monoisotopic (exact) mass is 379 g/mol. The van der Waals surface area contributed by atoms with E-state index >= 15 is 0 Å². The van der Waals surface area contributed by atoms with Crippen LogP contribution in [0.15, 0.2) is 45.7 Å². The van der Waals surface area contributed by atoms with Crippen molar-refractivity contribution < 1.29 is 22.1 Å². The van der Waals surface area contributed by atoms with Crippen LogP contribution in [0.25, 0.3) is 11.6 Å². The molecule has 1 aliphatic heterocycles. The molecule has 3 aromatic heterocycles. The lowest BCUT2D eigenvalue weighted by Crippen LogP contribution is -2.46. The van der Waals surface area contributed by atoms with Gasteiger partial charge >= 0.3 is 6.18 Å². The van der Waals surface area contributed by atoms with E-state index in [1.165, 1.54) is 6.07 Å². The molecule has 1 aliphatic rings. The van der Waals surface area contributed by atoms with Gasteiger partial charge in [0.25, 0.3) is 0 Å². The van der Waals surface area contributed by atoms with Crippen LogP contribution in [0, 0.1) is 0 Å². The Labute approximate surface area is 152 Å². The number of pyridine rings is 1. The Balaban J connectivity index is 1.33. The molecule has 10 heteroatoms. The topological polar surface area (TPSA) is 71.4 Å². The maximum Gasteiger partial charge on any atom is 0.417 e. The molecule has 27 heavy (non-hydrogen) atoms. The van der Waals surface area contributed by atoms with Crippen LogP contribution in [0.1, 0.15) is 11.5 Å². The van der Waals surface area contributed by atoms with Crippen molar-refractivity contribution in [2.75, 3.05) is 31.1 Å².